The standard InChI is InChI=1S/C22H18FNO5/c1-28-17-11-12-18(19(25)13-17)22(27)29-20(14-5-3-2-4-6-14)21(26)24-16-9-7-15(23)8-10-16/h2-13,20,25H,1H3,(H,24,26)/t20-/m0/s1. The van der Waals surface area contributed by atoms with Gasteiger partial charge in [0, 0.05) is 17.3 Å². The number of carbonyl (C=O) groups is 2. The Morgan fingerprint density at radius 2 is 1.69 bits per heavy atom. The molecule has 0 aliphatic carbocycles. The monoisotopic (exact) mass is 395 g/mol. The summed E-state index contributed by atoms with van der Waals surface area (Å²) in [6.45, 7) is 0. The van der Waals surface area contributed by atoms with Crippen molar-refractivity contribution in [3.8, 4) is 11.5 Å². The van der Waals surface area contributed by atoms with Crippen LogP contribution >= 0.6 is 0 Å². The summed E-state index contributed by atoms with van der Waals surface area (Å²) < 4.78 is 23.5. The van der Waals surface area contributed by atoms with E-state index in [9.17, 15) is 19.1 Å². The molecule has 0 aliphatic rings. The molecular formula is C22H18FNO5. The zero-order valence-corrected chi connectivity index (χ0v) is 15.5. The number of carbonyl (C=O) groups excluding carboxylic acids is 2. The smallest absolute Gasteiger partial charge is 0.343 e. The van der Waals surface area contributed by atoms with Gasteiger partial charge in [-0.2, -0.15) is 0 Å². The minimum Gasteiger partial charge on any atom is -0.507 e. The van der Waals surface area contributed by atoms with Crippen LogP contribution in [0.2, 0.25) is 0 Å². The number of anilines is 1. The highest BCUT2D eigenvalue weighted by atomic mass is 19.1. The SMILES string of the molecule is COc1ccc(C(=O)O[C@H](C(=O)Nc2ccc(F)cc2)c2ccccc2)c(O)c1. The summed E-state index contributed by atoms with van der Waals surface area (Å²) in [7, 11) is 1.43. The highest BCUT2D eigenvalue weighted by molar-refractivity contribution is 5.99. The number of rotatable bonds is 6. The van der Waals surface area contributed by atoms with E-state index >= 15 is 0 Å². The van der Waals surface area contributed by atoms with Gasteiger partial charge in [-0.3, -0.25) is 4.79 Å². The fraction of sp³-hybridized carbons (Fsp3) is 0.0909. The van der Waals surface area contributed by atoms with Crippen molar-refractivity contribution in [2.45, 2.75) is 6.10 Å². The number of methoxy groups -OCH3 is 1. The predicted octanol–water partition coefficient (Wildman–Crippen LogP) is 4.08. The second-order valence-electron chi connectivity index (χ2n) is 6.08. The van der Waals surface area contributed by atoms with E-state index in [2.05, 4.69) is 5.32 Å². The fourth-order valence-corrected chi connectivity index (χ4v) is 2.62. The van der Waals surface area contributed by atoms with Crippen molar-refractivity contribution < 1.29 is 28.6 Å². The van der Waals surface area contributed by atoms with E-state index in [4.69, 9.17) is 9.47 Å². The molecule has 3 aromatic rings. The Bertz CT molecular complexity index is 1010. The van der Waals surface area contributed by atoms with Crippen LogP contribution in [0.25, 0.3) is 0 Å². The van der Waals surface area contributed by atoms with Crippen LogP contribution in [0, 0.1) is 5.82 Å². The largest absolute Gasteiger partial charge is 0.507 e. The Hall–Kier alpha value is -3.87. The number of ether oxygens (including phenoxy) is 2. The molecule has 0 radical (unpaired) electrons. The van der Waals surface area contributed by atoms with Gasteiger partial charge >= 0.3 is 5.97 Å². The Morgan fingerprint density at radius 3 is 2.31 bits per heavy atom. The van der Waals surface area contributed by atoms with E-state index in [1.165, 1.54) is 49.6 Å². The summed E-state index contributed by atoms with van der Waals surface area (Å²) in [6, 6.07) is 17.7. The zero-order chi connectivity index (χ0) is 20.8. The van der Waals surface area contributed by atoms with Crippen molar-refractivity contribution >= 4 is 17.6 Å². The van der Waals surface area contributed by atoms with Crippen molar-refractivity contribution in [3.05, 3.63) is 89.7 Å². The summed E-state index contributed by atoms with van der Waals surface area (Å²) in [5, 5.41) is 12.7. The molecular weight excluding hydrogens is 377 g/mol. The summed E-state index contributed by atoms with van der Waals surface area (Å²) in [6.07, 6.45) is -1.28. The van der Waals surface area contributed by atoms with Gasteiger partial charge in [0.1, 0.15) is 22.9 Å². The van der Waals surface area contributed by atoms with Crippen molar-refractivity contribution in [1.82, 2.24) is 0 Å². The van der Waals surface area contributed by atoms with Crippen LogP contribution in [0.15, 0.2) is 72.8 Å². The first kappa shape index (κ1) is 19.9. The average molecular weight is 395 g/mol. The molecule has 1 amide bonds. The van der Waals surface area contributed by atoms with Crippen LogP contribution in [0.4, 0.5) is 10.1 Å². The molecule has 0 spiro atoms. The van der Waals surface area contributed by atoms with E-state index in [1.807, 2.05) is 0 Å². The van der Waals surface area contributed by atoms with E-state index in [0.717, 1.165) is 0 Å². The molecule has 0 saturated carbocycles. The topological polar surface area (TPSA) is 84.9 Å². The molecule has 7 heteroatoms. The van der Waals surface area contributed by atoms with Gasteiger partial charge in [0.2, 0.25) is 6.10 Å². The van der Waals surface area contributed by atoms with Crippen LogP contribution in [0.5, 0.6) is 11.5 Å². The molecule has 1 atom stereocenters. The van der Waals surface area contributed by atoms with Gasteiger partial charge in [-0.1, -0.05) is 30.3 Å². The molecule has 6 nitrogen and oxygen atoms in total. The number of phenolic OH excluding ortho intramolecular Hbond substituents is 1. The van der Waals surface area contributed by atoms with Crippen LogP contribution in [-0.2, 0) is 9.53 Å². The zero-order valence-electron chi connectivity index (χ0n) is 15.5. The van der Waals surface area contributed by atoms with Gasteiger partial charge in [-0.05, 0) is 36.4 Å². The first-order valence-corrected chi connectivity index (χ1v) is 8.67. The van der Waals surface area contributed by atoms with E-state index in [1.54, 1.807) is 30.3 Å². The Kier molecular flexibility index (Phi) is 6.09. The van der Waals surface area contributed by atoms with Gasteiger partial charge in [0.15, 0.2) is 0 Å². The van der Waals surface area contributed by atoms with Crippen LogP contribution in [0.3, 0.4) is 0 Å². The normalized spacial score (nSPS) is 11.4. The molecule has 0 aromatic heterocycles. The Balaban J connectivity index is 1.85. The molecule has 0 aliphatic heterocycles. The van der Waals surface area contributed by atoms with Gasteiger partial charge in [0.25, 0.3) is 5.91 Å². The molecule has 3 aromatic carbocycles. The molecule has 0 unspecified atom stereocenters. The molecule has 0 bridgehead atoms. The van der Waals surface area contributed by atoms with Crippen molar-refractivity contribution in [2.75, 3.05) is 12.4 Å². The van der Waals surface area contributed by atoms with Crippen LogP contribution in [-0.4, -0.2) is 24.1 Å². The Labute approximate surface area is 166 Å². The number of amides is 1. The number of halogens is 1. The molecule has 0 saturated heterocycles. The predicted molar refractivity (Wildman–Crippen MR) is 104 cm³/mol. The average Bonchev–Trinajstić information content (AvgIpc) is 2.73. The summed E-state index contributed by atoms with van der Waals surface area (Å²) in [5.74, 6) is -1.91. The highest BCUT2D eigenvalue weighted by Crippen LogP contribution is 2.27. The van der Waals surface area contributed by atoms with E-state index in [0.29, 0.717) is 17.0 Å². The highest BCUT2D eigenvalue weighted by Gasteiger charge is 2.27. The molecule has 0 fully saturated rings. The lowest BCUT2D eigenvalue weighted by molar-refractivity contribution is -0.125. The molecule has 3 rings (SSSR count). The maximum absolute atomic E-state index is 13.1. The number of nitrogens with one attached hydrogen (secondary N) is 1. The number of benzene rings is 3. The second kappa shape index (κ2) is 8.88. The first-order chi connectivity index (χ1) is 14.0. The molecule has 0 heterocycles. The quantitative estimate of drug-likeness (QED) is 0.615. The molecule has 29 heavy (non-hydrogen) atoms. The number of phenols is 1. The molecule has 2 N–H and O–H groups in total. The lowest BCUT2D eigenvalue weighted by Crippen LogP contribution is -2.26. The number of esters is 1. The maximum atomic E-state index is 13.1. The van der Waals surface area contributed by atoms with Crippen LogP contribution < -0.4 is 10.1 Å². The third-order valence-electron chi connectivity index (χ3n) is 4.10. The van der Waals surface area contributed by atoms with Crippen LogP contribution in [0.1, 0.15) is 22.0 Å². The number of aromatic hydroxyl groups is 1. The maximum Gasteiger partial charge on any atom is 0.343 e. The van der Waals surface area contributed by atoms with Crippen molar-refractivity contribution in [2.24, 2.45) is 0 Å². The summed E-state index contributed by atoms with van der Waals surface area (Å²) in [4.78, 5) is 25.4. The number of hydrogen-bond donors (Lipinski definition) is 2. The van der Waals surface area contributed by atoms with E-state index in [-0.39, 0.29) is 11.3 Å². The fourth-order valence-electron chi connectivity index (χ4n) is 2.62. The third kappa shape index (κ3) is 4.90. The molecule has 148 valence electrons. The van der Waals surface area contributed by atoms with Gasteiger partial charge in [-0.15, -0.1) is 0 Å². The lowest BCUT2D eigenvalue weighted by atomic mass is 10.1. The third-order valence-corrected chi connectivity index (χ3v) is 4.10. The van der Waals surface area contributed by atoms with Crippen molar-refractivity contribution in [3.63, 3.8) is 0 Å². The van der Waals surface area contributed by atoms with Gasteiger partial charge in [-0.25, -0.2) is 9.18 Å². The van der Waals surface area contributed by atoms with Crippen molar-refractivity contribution in [1.29, 1.82) is 0 Å². The second-order valence-corrected chi connectivity index (χ2v) is 6.08. The lowest BCUT2D eigenvalue weighted by Gasteiger charge is -2.18. The van der Waals surface area contributed by atoms with Gasteiger partial charge < -0.3 is 19.9 Å². The summed E-state index contributed by atoms with van der Waals surface area (Å²) >= 11 is 0. The van der Waals surface area contributed by atoms with E-state index < -0.39 is 23.8 Å². The number of hydrogen-bond acceptors (Lipinski definition) is 5. The minimum atomic E-state index is -1.28. The minimum absolute atomic E-state index is 0.110. The van der Waals surface area contributed by atoms with Gasteiger partial charge in [0.05, 0.1) is 7.11 Å². The Morgan fingerprint density at radius 1 is 1.00 bits per heavy atom. The summed E-state index contributed by atoms with van der Waals surface area (Å²) in [5.41, 5.74) is 0.676. The first-order valence-electron chi connectivity index (χ1n) is 8.67.